The van der Waals surface area contributed by atoms with Crippen molar-refractivity contribution in [3.8, 4) is 29.1 Å². The van der Waals surface area contributed by atoms with Crippen LogP contribution in [0.5, 0.6) is 23.0 Å². The summed E-state index contributed by atoms with van der Waals surface area (Å²) in [5.41, 5.74) is 0.377. The van der Waals surface area contributed by atoms with Gasteiger partial charge >= 0.3 is 0 Å². The molecule has 0 bridgehead atoms. The molecule has 2 aromatic carbocycles. The molecule has 0 radical (unpaired) electrons. The number of benzene rings is 2. The number of hydrogen-bond acceptors (Lipinski definition) is 6. The van der Waals surface area contributed by atoms with E-state index in [1.165, 1.54) is 18.8 Å². The molecule has 0 atom stereocenters. The van der Waals surface area contributed by atoms with E-state index in [4.69, 9.17) is 14.2 Å². The van der Waals surface area contributed by atoms with Gasteiger partial charge in [0.05, 0.1) is 33.4 Å². The smallest absolute Gasteiger partial charge is 0.273 e. The van der Waals surface area contributed by atoms with Crippen molar-refractivity contribution in [1.29, 1.82) is 5.26 Å². The molecule has 27 heavy (non-hydrogen) atoms. The fourth-order valence-corrected chi connectivity index (χ4v) is 2.93. The van der Waals surface area contributed by atoms with Crippen LogP contribution in [0.15, 0.2) is 41.2 Å². The van der Waals surface area contributed by atoms with Crippen molar-refractivity contribution < 1.29 is 19.3 Å². The fourth-order valence-electron chi connectivity index (χ4n) is 2.93. The van der Waals surface area contributed by atoms with Gasteiger partial charge in [0.2, 0.25) is 0 Å². The summed E-state index contributed by atoms with van der Waals surface area (Å²) in [5, 5.41) is 20.1. The van der Waals surface area contributed by atoms with E-state index in [0.29, 0.717) is 28.2 Å². The van der Waals surface area contributed by atoms with Gasteiger partial charge in [-0.3, -0.25) is 4.79 Å². The van der Waals surface area contributed by atoms with E-state index >= 15 is 0 Å². The van der Waals surface area contributed by atoms with E-state index in [1.807, 2.05) is 12.1 Å². The summed E-state index contributed by atoms with van der Waals surface area (Å²) in [6.45, 7) is 0.212. The molecule has 0 aliphatic rings. The summed E-state index contributed by atoms with van der Waals surface area (Å²) in [5.74, 6) is 1.13. The number of methoxy groups -OCH3 is 3. The molecule has 1 N–H and O–H groups in total. The Labute approximate surface area is 155 Å². The maximum Gasteiger partial charge on any atom is 0.273 e. The van der Waals surface area contributed by atoms with Gasteiger partial charge in [-0.15, -0.1) is 0 Å². The third kappa shape index (κ3) is 3.13. The van der Waals surface area contributed by atoms with E-state index in [2.05, 4.69) is 0 Å². The molecule has 0 spiro atoms. The lowest BCUT2D eigenvalue weighted by molar-refractivity contribution is 0.355. The molecule has 0 saturated heterocycles. The first-order valence-corrected chi connectivity index (χ1v) is 8.08. The molecule has 138 valence electrons. The minimum absolute atomic E-state index is 0.212. The molecule has 0 amide bonds. The molecule has 7 heteroatoms. The van der Waals surface area contributed by atoms with Gasteiger partial charge in [-0.25, -0.2) is 0 Å². The topological polar surface area (TPSA) is 93.7 Å². The molecule has 0 fully saturated rings. The van der Waals surface area contributed by atoms with Gasteiger partial charge in [-0.1, -0.05) is 12.1 Å². The van der Waals surface area contributed by atoms with Crippen molar-refractivity contribution in [2.75, 3.05) is 21.3 Å². The second-order valence-electron chi connectivity index (χ2n) is 5.80. The molecular formula is C20H18N2O5. The van der Waals surface area contributed by atoms with E-state index in [0.717, 1.165) is 5.56 Å². The Bertz CT molecular complexity index is 1090. The molecule has 1 aromatic heterocycles. The number of ether oxygens (including phenoxy) is 3. The summed E-state index contributed by atoms with van der Waals surface area (Å²) in [6, 6.07) is 12.2. The number of hydrogen-bond donors (Lipinski definition) is 1. The number of aromatic hydroxyl groups is 1. The summed E-state index contributed by atoms with van der Waals surface area (Å²) < 4.78 is 17.2. The second kappa shape index (κ2) is 7.30. The maximum atomic E-state index is 12.8. The Morgan fingerprint density at radius 1 is 1.04 bits per heavy atom. The van der Waals surface area contributed by atoms with Crippen LogP contribution in [0, 0.1) is 11.3 Å². The van der Waals surface area contributed by atoms with Crippen LogP contribution in [0.2, 0.25) is 0 Å². The van der Waals surface area contributed by atoms with Crippen molar-refractivity contribution in [3.05, 3.63) is 57.9 Å². The second-order valence-corrected chi connectivity index (χ2v) is 5.80. The highest BCUT2D eigenvalue weighted by Gasteiger charge is 2.19. The van der Waals surface area contributed by atoms with Crippen LogP contribution in [-0.2, 0) is 6.54 Å². The van der Waals surface area contributed by atoms with E-state index in [1.54, 1.807) is 37.4 Å². The highest BCUT2D eigenvalue weighted by atomic mass is 16.5. The number of pyridine rings is 1. The Hall–Kier alpha value is -3.66. The molecule has 0 unspecified atom stereocenters. The van der Waals surface area contributed by atoms with Gasteiger partial charge in [-0.05, 0) is 23.8 Å². The van der Waals surface area contributed by atoms with E-state index in [-0.39, 0.29) is 17.9 Å². The molecule has 3 rings (SSSR count). The first-order chi connectivity index (χ1) is 13.0. The van der Waals surface area contributed by atoms with Crippen LogP contribution < -0.4 is 19.8 Å². The lowest BCUT2D eigenvalue weighted by Crippen LogP contribution is -2.24. The average Bonchev–Trinajstić information content (AvgIpc) is 2.71. The van der Waals surface area contributed by atoms with Crippen molar-refractivity contribution in [2.45, 2.75) is 6.54 Å². The van der Waals surface area contributed by atoms with Gasteiger partial charge in [0.1, 0.15) is 17.6 Å². The zero-order valence-corrected chi connectivity index (χ0v) is 15.1. The van der Waals surface area contributed by atoms with Crippen LogP contribution in [0.1, 0.15) is 11.1 Å². The number of rotatable bonds is 5. The van der Waals surface area contributed by atoms with Gasteiger partial charge in [-0.2, -0.15) is 5.26 Å². The lowest BCUT2D eigenvalue weighted by atomic mass is 10.1. The third-order valence-corrected chi connectivity index (χ3v) is 4.36. The predicted molar refractivity (Wildman–Crippen MR) is 99.8 cm³/mol. The van der Waals surface area contributed by atoms with Crippen molar-refractivity contribution >= 4 is 10.9 Å². The quantitative estimate of drug-likeness (QED) is 0.746. The maximum absolute atomic E-state index is 12.8. The van der Waals surface area contributed by atoms with Gasteiger partial charge in [0, 0.05) is 11.5 Å². The average molecular weight is 366 g/mol. The zero-order chi connectivity index (χ0) is 19.6. The van der Waals surface area contributed by atoms with E-state index < -0.39 is 5.56 Å². The molecule has 7 nitrogen and oxygen atoms in total. The van der Waals surface area contributed by atoms with Gasteiger partial charge < -0.3 is 23.9 Å². The highest BCUT2D eigenvalue weighted by Crippen LogP contribution is 2.36. The van der Waals surface area contributed by atoms with Crippen LogP contribution >= 0.6 is 0 Å². The third-order valence-electron chi connectivity index (χ3n) is 4.36. The van der Waals surface area contributed by atoms with Crippen LogP contribution in [0.4, 0.5) is 0 Å². The molecule has 0 saturated carbocycles. The summed E-state index contributed by atoms with van der Waals surface area (Å²) in [6.07, 6.45) is 0. The standard InChI is InChI=1S/C20H18N2O5/c1-25-13-6-4-12(5-7-13)11-22-16-9-18(27-3)17(26-2)8-14(16)19(23)15(10-21)20(22)24/h4-9,23H,11H2,1-3H3. The number of aromatic nitrogens is 1. The largest absolute Gasteiger partial charge is 0.506 e. The van der Waals surface area contributed by atoms with Crippen LogP contribution in [0.25, 0.3) is 10.9 Å². The fraction of sp³-hybridized carbons (Fsp3) is 0.200. The summed E-state index contributed by atoms with van der Waals surface area (Å²) >= 11 is 0. The molecule has 3 aromatic rings. The number of nitriles is 1. The summed E-state index contributed by atoms with van der Waals surface area (Å²) in [4.78, 5) is 12.8. The molecule has 0 aliphatic carbocycles. The Morgan fingerprint density at radius 3 is 2.22 bits per heavy atom. The van der Waals surface area contributed by atoms with Crippen LogP contribution in [-0.4, -0.2) is 31.0 Å². The Morgan fingerprint density at radius 2 is 1.67 bits per heavy atom. The Balaban J connectivity index is 2.28. The van der Waals surface area contributed by atoms with Gasteiger partial charge in [0.25, 0.3) is 5.56 Å². The number of fused-ring (bicyclic) bond motifs is 1. The van der Waals surface area contributed by atoms with Crippen molar-refractivity contribution in [1.82, 2.24) is 4.57 Å². The monoisotopic (exact) mass is 366 g/mol. The lowest BCUT2D eigenvalue weighted by Gasteiger charge is -2.16. The van der Waals surface area contributed by atoms with E-state index in [9.17, 15) is 15.2 Å². The number of nitrogens with zero attached hydrogens (tertiary/aromatic N) is 2. The first kappa shape index (κ1) is 18.1. The first-order valence-electron chi connectivity index (χ1n) is 8.08. The molecule has 0 aliphatic heterocycles. The molecule has 1 heterocycles. The molecular weight excluding hydrogens is 348 g/mol. The zero-order valence-electron chi connectivity index (χ0n) is 15.1. The Kier molecular flexibility index (Phi) is 4.90. The van der Waals surface area contributed by atoms with Gasteiger partial charge in [0.15, 0.2) is 17.1 Å². The minimum Gasteiger partial charge on any atom is -0.506 e. The van der Waals surface area contributed by atoms with Crippen LogP contribution in [0.3, 0.4) is 0 Å². The van der Waals surface area contributed by atoms with Crippen molar-refractivity contribution in [3.63, 3.8) is 0 Å². The predicted octanol–water partition coefficient (Wildman–Crippen LogP) is 2.65. The minimum atomic E-state index is -0.578. The SMILES string of the molecule is COc1ccc(Cn2c(=O)c(C#N)c(O)c3cc(OC)c(OC)cc32)cc1. The summed E-state index contributed by atoms with van der Waals surface area (Å²) in [7, 11) is 4.53. The highest BCUT2D eigenvalue weighted by molar-refractivity contribution is 5.90. The van der Waals surface area contributed by atoms with Crippen molar-refractivity contribution in [2.24, 2.45) is 0 Å². The normalized spacial score (nSPS) is 10.4.